The summed E-state index contributed by atoms with van der Waals surface area (Å²) in [6.45, 7) is 9.30. The molecule has 1 aromatic carbocycles. The number of hydrogen-bond donors (Lipinski definition) is 1. The molecule has 3 rings (SSSR count). The van der Waals surface area contributed by atoms with Crippen molar-refractivity contribution in [2.45, 2.75) is 71.9 Å². The molecule has 0 amide bonds. The highest BCUT2D eigenvalue weighted by Crippen LogP contribution is 2.70. The third-order valence-electron chi connectivity index (χ3n) is 7.34. The summed E-state index contributed by atoms with van der Waals surface area (Å²) < 4.78 is 12.5. The van der Waals surface area contributed by atoms with Crippen LogP contribution < -0.4 is 0 Å². The van der Waals surface area contributed by atoms with Crippen LogP contribution in [0.5, 0.6) is 0 Å². The van der Waals surface area contributed by atoms with Crippen LogP contribution in [-0.2, 0) is 20.8 Å². The smallest absolute Gasteiger partial charge is 0.200 e. The van der Waals surface area contributed by atoms with Crippen molar-refractivity contribution in [3.05, 3.63) is 35.9 Å². The summed E-state index contributed by atoms with van der Waals surface area (Å²) in [5.41, 5.74) is 0.305. The number of Topliss-reactive ketones (excluding diaryl/α,β-unsaturated/α-hetero) is 1. The fourth-order valence-corrected chi connectivity index (χ4v) is 7.16. The minimum absolute atomic E-state index is 0.0272. The Morgan fingerprint density at radius 2 is 1.83 bits per heavy atom. The maximum Gasteiger partial charge on any atom is 0.200 e. The molecule has 2 fully saturated rings. The second kappa shape index (κ2) is 9.24. The molecule has 168 valence electrons. The van der Waals surface area contributed by atoms with Gasteiger partial charge in [-0.05, 0) is 42.6 Å². The number of carbonyl (C=O) groups is 1. The number of fused-ring (bicyclic) bond motifs is 1. The van der Waals surface area contributed by atoms with E-state index in [1.165, 1.54) is 0 Å². The van der Waals surface area contributed by atoms with Gasteiger partial charge in [0.25, 0.3) is 0 Å². The van der Waals surface area contributed by atoms with Crippen LogP contribution in [0.2, 0.25) is 0 Å². The van der Waals surface area contributed by atoms with Gasteiger partial charge in [-0.1, -0.05) is 64.4 Å². The molecule has 1 aromatic rings. The average Bonchev–Trinajstić information content (AvgIpc) is 3.23. The minimum atomic E-state index is -3.12. The van der Waals surface area contributed by atoms with Crippen molar-refractivity contribution in [3.63, 3.8) is 0 Å². The Morgan fingerprint density at radius 3 is 2.50 bits per heavy atom. The Hall–Kier alpha value is -1.00. The molecule has 2 aliphatic carbocycles. The topological polar surface area (TPSA) is 66.8 Å². The molecule has 0 aliphatic heterocycles. The van der Waals surface area contributed by atoms with Crippen molar-refractivity contribution < 1.29 is 19.1 Å². The molecule has 1 N–H and O–H groups in total. The third-order valence-corrected chi connectivity index (χ3v) is 9.37. The molecule has 0 bridgehead atoms. The van der Waals surface area contributed by atoms with Crippen LogP contribution >= 0.6 is 7.37 Å². The molecule has 0 radical (unpaired) electrons. The van der Waals surface area contributed by atoms with Crippen molar-refractivity contribution in [2.75, 3.05) is 18.9 Å². The lowest BCUT2D eigenvalue weighted by molar-refractivity contribution is -0.218. The standard InChI is InChI=1S/C24H38NO4P/c1-5-6-16-30(27,28)17-10-15-25(29-18-20-11-8-7-9-12-20)24-21(23(24,3)4)14-13-19(2)22(24)26/h7-9,11-12,19,21H,5-6,10,13-18H2,1-4H3,(H,27,28). The summed E-state index contributed by atoms with van der Waals surface area (Å²) in [5, 5.41) is 1.91. The van der Waals surface area contributed by atoms with Gasteiger partial charge in [0.15, 0.2) is 5.78 Å². The number of carbonyl (C=O) groups excluding carboxylic acids is 1. The summed E-state index contributed by atoms with van der Waals surface area (Å²) in [6.07, 6.45) is 4.87. The number of hydroxylamine groups is 2. The van der Waals surface area contributed by atoms with E-state index in [-0.39, 0.29) is 29.2 Å². The summed E-state index contributed by atoms with van der Waals surface area (Å²) >= 11 is 0. The van der Waals surface area contributed by atoms with Gasteiger partial charge in [0.1, 0.15) is 5.54 Å². The SMILES string of the molecule is CCCCP(=O)(O)CCCN(OCc1ccccc1)C12C(=O)C(C)CCC1C2(C)C. The minimum Gasteiger partial charge on any atom is -0.344 e. The fraction of sp³-hybridized carbons (Fsp3) is 0.708. The number of hydrogen-bond acceptors (Lipinski definition) is 4. The number of unbranched alkanes of at least 4 members (excludes halogenated alkanes) is 1. The molecule has 0 saturated heterocycles. The molecule has 6 heteroatoms. The Kier molecular flexibility index (Phi) is 7.29. The van der Waals surface area contributed by atoms with E-state index in [0.29, 0.717) is 25.7 Å². The molecule has 0 spiro atoms. The number of nitrogens with zero attached hydrogens (tertiary/aromatic N) is 1. The third kappa shape index (κ3) is 4.46. The van der Waals surface area contributed by atoms with E-state index >= 15 is 0 Å². The van der Waals surface area contributed by atoms with Gasteiger partial charge in [-0.25, -0.2) is 0 Å². The molecule has 0 aromatic heterocycles. The van der Waals surface area contributed by atoms with Gasteiger partial charge in [-0.15, -0.1) is 0 Å². The molecule has 0 heterocycles. The van der Waals surface area contributed by atoms with Gasteiger partial charge in [0.05, 0.1) is 6.61 Å². The highest BCUT2D eigenvalue weighted by Gasteiger charge is 2.79. The Bertz CT molecular complexity index is 781. The number of rotatable bonds is 11. The van der Waals surface area contributed by atoms with Crippen molar-refractivity contribution in [2.24, 2.45) is 17.3 Å². The van der Waals surface area contributed by atoms with E-state index in [0.717, 1.165) is 31.2 Å². The van der Waals surface area contributed by atoms with Crippen LogP contribution in [0.3, 0.4) is 0 Å². The van der Waals surface area contributed by atoms with Crippen molar-refractivity contribution in [1.29, 1.82) is 0 Å². The van der Waals surface area contributed by atoms with Crippen LogP contribution in [0.25, 0.3) is 0 Å². The second-order valence-electron chi connectivity index (χ2n) is 9.75. The normalized spacial score (nSPS) is 29.5. The first-order chi connectivity index (χ1) is 14.2. The summed E-state index contributed by atoms with van der Waals surface area (Å²) in [4.78, 5) is 30.0. The highest BCUT2D eigenvalue weighted by atomic mass is 31.2. The lowest BCUT2D eigenvalue weighted by Gasteiger charge is -2.37. The monoisotopic (exact) mass is 435 g/mol. The van der Waals surface area contributed by atoms with Crippen LogP contribution in [0.15, 0.2) is 30.3 Å². The van der Waals surface area contributed by atoms with Gasteiger partial charge in [0.2, 0.25) is 7.37 Å². The lowest BCUT2D eigenvalue weighted by Crippen LogP contribution is -2.51. The van der Waals surface area contributed by atoms with E-state index in [4.69, 9.17) is 4.84 Å². The van der Waals surface area contributed by atoms with Crippen molar-refractivity contribution >= 4 is 13.2 Å². The predicted molar refractivity (Wildman–Crippen MR) is 120 cm³/mol. The maximum atomic E-state index is 13.4. The maximum absolute atomic E-state index is 13.4. The second-order valence-corrected chi connectivity index (χ2v) is 12.3. The molecule has 4 unspecified atom stereocenters. The predicted octanol–water partition coefficient (Wildman–Crippen LogP) is 5.27. The van der Waals surface area contributed by atoms with Crippen LogP contribution in [0.4, 0.5) is 0 Å². The zero-order valence-corrected chi connectivity index (χ0v) is 19.9. The van der Waals surface area contributed by atoms with Gasteiger partial charge in [-0.3, -0.25) is 14.2 Å². The van der Waals surface area contributed by atoms with Crippen LogP contribution in [-0.4, -0.2) is 40.1 Å². The zero-order valence-electron chi connectivity index (χ0n) is 19.0. The molecular weight excluding hydrogens is 397 g/mol. The van der Waals surface area contributed by atoms with Gasteiger partial charge < -0.3 is 4.89 Å². The first kappa shape index (κ1) is 23.7. The number of ketones is 1. The first-order valence-corrected chi connectivity index (χ1v) is 13.5. The molecule has 2 saturated carbocycles. The van der Waals surface area contributed by atoms with E-state index in [1.54, 1.807) is 0 Å². The van der Waals surface area contributed by atoms with Crippen molar-refractivity contribution in [1.82, 2.24) is 5.06 Å². The van der Waals surface area contributed by atoms with E-state index in [9.17, 15) is 14.3 Å². The van der Waals surface area contributed by atoms with Gasteiger partial charge in [-0.2, -0.15) is 5.06 Å². The Labute approximate surface area is 181 Å². The molecule has 2 aliphatic rings. The Morgan fingerprint density at radius 1 is 1.17 bits per heavy atom. The lowest BCUT2D eigenvalue weighted by atomic mass is 9.84. The first-order valence-electron chi connectivity index (χ1n) is 11.5. The zero-order chi connectivity index (χ0) is 22.0. The van der Waals surface area contributed by atoms with Gasteiger partial charge in [0, 0.05) is 24.8 Å². The van der Waals surface area contributed by atoms with E-state index < -0.39 is 12.9 Å². The fourth-order valence-electron chi connectivity index (χ4n) is 5.49. The molecular formula is C24H38NO4P. The van der Waals surface area contributed by atoms with Crippen LogP contribution in [0.1, 0.15) is 65.4 Å². The van der Waals surface area contributed by atoms with Gasteiger partial charge >= 0.3 is 0 Å². The molecule has 5 nitrogen and oxygen atoms in total. The largest absolute Gasteiger partial charge is 0.344 e. The molecule has 4 atom stereocenters. The van der Waals surface area contributed by atoms with E-state index in [2.05, 4.69) is 13.8 Å². The van der Waals surface area contributed by atoms with E-state index in [1.807, 2.05) is 49.2 Å². The quantitative estimate of drug-likeness (QED) is 0.379. The summed E-state index contributed by atoms with van der Waals surface area (Å²) in [7, 11) is -3.12. The average molecular weight is 436 g/mol. The highest BCUT2D eigenvalue weighted by molar-refractivity contribution is 7.57. The molecule has 30 heavy (non-hydrogen) atoms. The van der Waals surface area contributed by atoms with Crippen LogP contribution in [0, 0.1) is 17.3 Å². The Balaban J connectivity index is 1.76. The summed E-state index contributed by atoms with van der Waals surface area (Å²) in [5.74, 6) is 0.583. The number of benzene rings is 1. The summed E-state index contributed by atoms with van der Waals surface area (Å²) in [6, 6.07) is 9.97. The van der Waals surface area contributed by atoms with Crippen molar-refractivity contribution in [3.8, 4) is 0 Å².